The van der Waals surface area contributed by atoms with E-state index in [1.807, 2.05) is 29.6 Å². The molecular formula is C19H16N2O5S. The third kappa shape index (κ3) is 4.48. The van der Waals surface area contributed by atoms with Crippen molar-refractivity contribution in [2.75, 3.05) is 13.2 Å². The first-order valence-electron chi connectivity index (χ1n) is 8.17. The van der Waals surface area contributed by atoms with Crippen LogP contribution in [-0.2, 0) is 14.3 Å². The van der Waals surface area contributed by atoms with Gasteiger partial charge in [-0.2, -0.15) is 0 Å². The predicted octanol–water partition coefficient (Wildman–Crippen LogP) is 3.39. The summed E-state index contributed by atoms with van der Waals surface area (Å²) in [7, 11) is 0. The van der Waals surface area contributed by atoms with Crippen LogP contribution >= 0.6 is 11.3 Å². The van der Waals surface area contributed by atoms with Gasteiger partial charge in [-0.15, -0.1) is 11.3 Å². The number of fused-ring (bicyclic) bond motifs is 1. The van der Waals surface area contributed by atoms with Crippen LogP contribution in [0.15, 0.2) is 48.5 Å². The number of ether oxygens (including phenoxy) is 2. The van der Waals surface area contributed by atoms with Crippen molar-refractivity contribution < 1.29 is 23.9 Å². The van der Waals surface area contributed by atoms with Gasteiger partial charge in [-0.05, 0) is 25.1 Å². The topological polar surface area (TPSA) is 94.6 Å². The van der Waals surface area contributed by atoms with Crippen LogP contribution in [0.5, 0.6) is 0 Å². The Labute approximate surface area is 158 Å². The normalized spacial score (nSPS) is 10.4. The van der Waals surface area contributed by atoms with E-state index >= 15 is 0 Å². The monoisotopic (exact) mass is 384 g/mol. The number of hydrogen-bond acceptors (Lipinski definition) is 7. The molecule has 0 fully saturated rings. The minimum atomic E-state index is -0.881. The van der Waals surface area contributed by atoms with E-state index in [2.05, 4.69) is 9.72 Å². The maximum atomic E-state index is 12.4. The van der Waals surface area contributed by atoms with E-state index in [0.29, 0.717) is 16.1 Å². The molecule has 3 aromatic rings. The van der Waals surface area contributed by atoms with Crippen LogP contribution in [0.1, 0.15) is 17.3 Å². The van der Waals surface area contributed by atoms with E-state index in [-0.39, 0.29) is 6.61 Å². The van der Waals surface area contributed by atoms with Crippen molar-refractivity contribution in [2.45, 2.75) is 6.92 Å². The summed E-state index contributed by atoms with van der Waals surface area (Å²) in [5.41, 5.74) is 1.75. The Hall–Kier alpha value is -3.26. The molecule has 0 atom stereocenters. The summed E-state index contributed by atoms with van der Waals surface area (Å²) in [6.07, 6.45) is -0.881. The Kier molecular flexibility index (Phi) is 5.77. The molecule has 2 amide bonds. The molecule has 1 aromatic heterocycles. The number of rotatable bonds is 5. The van der Waals surface area contributed by atoms with Crippen molar-refractivity contribution in [1.29, 1.82) is 0 Å². The minimum Gasteiger partial charge on any atom is -0.452 e. The number of esters is 1. The van der Waals surface area contributed by atoms with Crippen molar-refractivity contribution in [3.63, 3.8) is 0 Å². The molecule has 8 heteroatoms. The van der Waals surface area contributed by atoms with Gasteiger partial charge in [-0.1, -0.05) is 30.3 Å². The van der Waals surface area contributed by atoms with Crippen molar-refractivity contribution in [3.05, 3.63) is 54.1 Å². The van der Waals surface area contributed by atoms with E-state index < -0.39 is 24.6 Å². The highest BCUT2D eigenvalue weighted by Gasteiger charge is 2.18. The number of imide groups is 1. The molecule has 0 bridgehead atoms. The lowest BCUT2D eigenvalue weighted by Crippen LogP contribution is -2.34. The summed E-state index contributed by atoms with van der Waals surface area (Å²) in [6.45, 7) is 1.16. The number of nitrogens with zero attached hydrogens (tertiary/aromatic N) is 1. The average Bonchev–Trinajstić information content (AvgIpc) is 3.10. The van der Waals surface area contributed by atoms with Gasteiger partial charge in [0.1, 0.15) is 5.01 Å². The maximum absolute atomic E-state index is 12.4. The zero-order chi connectivity index (χ0) is 19.2. The van der Waals surface area contributed by atoms with E-state index in [1.165, 1.54) is 11.3 Å². The Morgan fingerprint density at radius 2 is 1.78 bits per heavy atom. The summed E-state index contributed by atoms with van der Waals surface area (Å²) in [6, 6.07) is 14.5. The maximum Gasteiger partial charge on any atom is 0.413 e. The fraction of sp³-hybridized carbons (Fsp3) is 0.158. The van der Waals surface area contributed by atoms with Gasteiger partial charge in [-0.25, -0.2) is 14.6 Å². The summed E-state index contributed by atoms with van der Waals surface area (Å²) >= 11 is 1.46. The molecule has 138 valence electrons. The molecule has 0 aliphatic heterocycles. The second-order valence-electron chi connectivity index (χ2n) is 5.38. The molecular weight excluding hydrogens is 368 g/mol. The van der Waals surface area contributed by atoms with Gasteiger partial charge in [0.05, 0.1) is 22.4 Å². The molecule has 7 nitrogen and oxygen atoms in total. The molecule has 0 saturated carbocycles. The fourth-order valence-electron chi connectivity index (χ4n) is 2.36. The Morgan fingerprint density at radius 1 is 1.04 bits per heavy atom. The third-order valence-corrected chi connectivity index (χ3v) is 4.59. The zero-order valence-electron chi connectivity index (χ0n) is 14.4. The first-order valence-corrected chi connectivity index (χ1v) is 8.99. The largest absolute Gasteiger partial charge is 0.452 e. The van der Waals surface area contributed by atoms with Gasteiger partial charge in [0.25, 0.3) is 5.91 Å². The van der Waals surface area contributed by atoms with E-state index in [9.17, 15) is 14.4 Å². The zero-order valence-corrected chi connectivity index (χ0v) is 15.2. The van der Waals surface area contributed by atoms with E-state index in [1.54, 1.807) is 31.2 Å². The SMILES string of the molecule is CCOC(=O)NC(=O)COC(=O)c1ccccc1-c1nc2ccccc2s1. The average molecular weight is 384 g/mol. The van der Waals surface area contributed by atoms with Crippen LogP contribution < -0.4 is 5.32 Å². The molecule has 0 aliphatic rings. The number of amides is 2. The van der Waals surface area contributed by atoms with Gasteiger partial charge in [0.2, 0.25) is 0 Å². The van der Waals surface area contributed by atoms with Crippen molar-refractivity contribution in [2.24, 2.45) is 0 Å². The molecule has 1 N–H and O–H groups in total. The Balaban J connectivity index is 1.74. The quantitative estimate of drug-likeness (QED) is 0.678. The molecule has 3 rings (SSSR count). The lowest BCUT2D eigenvalue weighted by molar-refractivity contribution is -0.123. The van der Waals surface area contributed by atoms with Gasteiger partial charge in [0.15, 0.2) is 6.61 Å². The Morgan fingerprint density at radius 3 is 2.56 bits per heavy atom. The third-order valence-electron chi connectivity index (χ3n) is 3.52. The van der Waals surface area contributed by atoms with Crippen LogP contribution in [-0.4, -0.2) is 36.2 Å². The van der Waals surface area contributed by atoms with Gasteiger partial charge in [0, 0.05) is 5.56 Å². The molecule has 0 radical (unpaired) electrons. The van der Waals surface area contributed by atoms with Crippen molar-refractivity contribution in [1.82, 2.24) is 10.3 Å². The van der Waals surface area contributed by atoms with Crippen molar-refractivity contribution in [3.8, 4) is 10.6 Å². The molecule has 0 unspecified atom stereocenters. The molecule has 0 saturated heterocycles. The highest BCUT2D eigenvalue weighted by molar-refractivity contribution is 7.21. The number of carbonyl (C=O) groups excluding carboxylic acids is 3. The number of benzene rings is 2. The first kappa shape index (κ1) is 18.5. The number of nitrogens with one attached hydrogen (secondary N) is 1. The number of hydrogen-bond donors (Lipinski definition) is 1. The smallest absolute Gasteiger partial charge is 0.413 e. The fourth-order valence-corrected chi connectivity index (χ4v) is 3.37. The lowest BCUT2D eigenvalue weighted by atomic mass is 10.1. The van der Waals surface area contributed by atoms with Crippen LogP contribution in [0.3, 0.4) is 0 Å². The first-order chi connectivity index (χ1) is 13.1. The van der Waals surface area contributed by atoms with Crippen LogP contribution in [0.2, 0.25) is 0 Å². The Bertz CT molecular complexity index is 965. The van der Waals surface area contributed by atoms with Crippen LogP contribution in [0.25, 0.3) is 20.8 Å². The van der Waals surface area contributed by atoms with Crippen LogP contribution in [0, 0.1) is 0 Å². The van der Waals surface area contributed by atoms with Gasteiger partial charge < -0.3 is 9.47 Å². The van der Waals surface area contributed by atoms with Crippen molar-refractivity contribution >= 4 is 39.5 Å². The highest BCUT2D eigenvalue weighted by Crippen LogP contribution is 2.32. The van der Waals surface area contributed by atoms with Crippen LogP contribution in [0.4, 0.5) is 4.79 Å². The number of para-hydroxylation sites is 1. The molecule has 27 heavy (non-hydrogen) atoms. The highest BCUT2D eigenvalue weighted by atomic mass is 32.1. The molecule has 0 spiro atoms. The predicted molar refractivity (Wildman–Crippen MR) is 101 cm³/mol. The van der Waals surface area contributed by atoms with E-state index in [0.717, 1.165) is 10.2 Å². The van der Waals surface area contributed by atoms with E-state index in [4.69, 9.17) is 4.74 Å². The summed E-state index contributed by atoms with van der Waals surface area (Å²) in [5, 5.41) is 2.64. The van der Waals surface area contributed by atoms with Gasteiger partial charge >= 0.3 is 12.1 Å². The summed E-state index contributed by atoms with van der Waals surface area (Å²) < 4.78 is 10.6. The molecule has 0 aliphatic carbocycles. The number of aromatic nitrogens is 1. The molecule has 2 aromatic carbocycles. The second-order valence-corrected chi connectivity index (χ2v) is 6.41. The minimum absolute atomic E-state index is 0.133. The standard InChI is InChI=1S/C19H16N2O5S/c1-2-25-19(24)21-16(22)11-26-18(23)13-8-4-3-7-12(13)17-20-14-9-5-6-10-15(14)27-17/h3-10H,2,11H2,1H3,(H,21,22,24). The second kappa shape index (κ2) is 8.41. The summed E-state index contributed by atoms with van der Waals surface area (Å²) in [4.78, 5) is 39.8. The molecule has 1 heterocycles. The lowest BCUT2D eigenvalue weighted by Gasteiger charge is -2.08. The number of thiazole rings is 1. The number of carbonyl (C=O) groups is 3. The summed E-state index contributed by atoms with van der Waals surface area (Å²) in [5.74, 6) is -1.44. The van der Waals surface area contributed by atoms with Gasteiger partial charge in [-0.3, -0.25) is 10.1 Å². The number of alkyl carbamates (subject to hydrolysis) is 1.